The highest BCUT2D eigenvalue weighted by molar-refractivity contribution is 9.11. The van der Waals surface area contributed by atoms with Crippen molar-refractivity contribution in [3.63, 3.8) is 0 Å². The highest BCUT2D eigenvalue weighted by Gasteiger charge is 2.16. The van der Waals surface area contributed by atoms with Crippen LogP contribution in [0.1, 0.15) is 76.3 Å². The second-order valence-corrected chi connectivity index (χ2v) is 16.1. The molecule has 5 rings (SSSR count). The van der Waals surface area contributed by atoms with Crippen molar-refractivity contribution < 1.29 is 0 Å². The summed E-state index contributed by atoms with van der Waals surface area (Å²) in [7, 11) is 0. The standard InChI is InChI=1S/C28H30Br2N2S4/c1-3-5-7-9-11-17-13-23(33-25(17)29)27-31-19-15-22-20(16-21(19)35-27)32-28(36-22)24-14-18(26(30)34-24)12-10-8-6-4-2/h13-16H,3-12H2,1-2H3. The monoisotopic (exact) mass is 680 g/mol. The van der Waals surface area contributed by atoms with Crippen molar-refractivity contribution in [3.05, 3.63) is 43.0 Å². The Kier molecular flexibility index (Phi) is 9.34. The number of rotatable bonds is 12. The first-order chi connectivity index (χ1) is 17.6. The molecule has 0 aliphatic rings. The van der Waals surface area contributed by atoms with Gasteiger partial charge in [0.2, 0.25) is 0 Å². The van der Waals surface area contributed by atoms with Gasteiger partial charge in [0.1, 0.15) is 10.0 Å². The summed E-state index contributed by atoms with van der Waals surface area (Å²) in [5.41, 5.74) is 5.00. The summed E-state index contributed by atoms with van der Waals surface area (Å²) in [6, 6.07) is 9.14. The number of benzene rings is 1. The van der Waals surface area contributed by atoms with Crippen LogP contribution >= 0.6 is 77.2 Å². The Hall–Kier alpha value is -0.640. The first-order valence-electron chi connectivity index (χ1n) is 12.8. The van der Waals surface area contributed by atoms with Crippen molar-refractivity contribution in [1.82, 2.24) is 9.97 Å². The van der Waals surface area contributed by atoms with Crippen LogP contribution in [0.2, 0.25) is 0 Å². The Balaban J connectivity index is 1.35. The van der Waals surface area contributed by atoms with Crippen molar-refractivity contribution in [3.8, 4) is 19.8 Å². The molecule has 4 aromatic heterocycles. The van der Waals surface area contributed by atoms with Gasteiger partial charge in [0, 0.05) is 0 Å². The van der Waals surface area contributed by atoms with Crippen LogP contribution in [0, 0.1) is 0 Å². The Bertz CT molecular complexity index is 1300. The molecular weight excluding hydrogens is 652 g/mol. The fourth-order valence-electron chi connectivity index (χ4n) is 4.41. The molecular formula is C28H30Br2N2S4. The highest BCUT2D eigenvalue weighted by atomic mass is 79.9. The zero-order valence-electron chi connectivity index (χ0n) is 20.7. The van der Waals surface area contributed by atoms with Crippen LogP contribution in [0.5, 0.6) is 0 Å². The van der Waals surface area contributed by atoms with Gasteiger partial charge in [-0.05, 0) is 92.9 Å². The summed E-state index contributed by atoms with van der Waals surface area (Å²) in [6.07, 6.45) is 12.6. The van der Waals surface area contributed by atoms with Crippen LogP contribution in [0.4, 0.5) is 0 Å². The summed E-state index contributed by atoms with van der Waals surface area (Å²) in [5.74, 6) is 0. The second-order valence-electron chi connectivity index (χ2n) is 9.27. The molecule has 0 fully saturated rings. The molecule has 0 aliphatic heterocycles. The van der Waals surface area contributed by atoms with E-state index in [1.54, 1.807) is 22.7 Å². The van der Waals surface area contributed by atoms with E-state index in [2.05, 4.69) is 70.0 Å². The minimum atomic E-state index is 1.08. The lowest BCUT2D eigenvalue weighted by Gasteiger charge is -1.98. The van der Waals surface area contributed by atoms with Gasteiger partial charge >= 0.3 is 0 Å². The molecule has 1 aromatic carbocycles. The molecule has 0 spiro atoms. The van der Waals surface area contributed by atoms with Gasteiger partial charge in [-0.15, -0.1) is 45.3 Å². The topological polar surface area (TPSA) is 25.8 Å². The zero-order chi connectivity index (χ0) is 25.1. The Morgan fingerprint density at radius 1 is 0.583 bits per heavy atom. The van der Waals surface area contributed by atoms with E-state index < -0.39 is 0 Å². The van der Waals surface area contributed by atoms with Gasteiger partial charge in [0.15, 0.2) is 0 Å². The molecule has 0 unspecified atom stereocenters. The van der Waals surface area contributed by atoms with Gasteiger partial charge in [0.05, 0.1) is 37.8 Å². The lowest BCUT2D eigenvalue weighted by Crippen LogP contribution is -1.83. The molecule has 190 valence electrons. The van der Waals surface area contributed by atoms with Crippen molar-refractivity contribution in [2.45, 2.75) is 78.1 Å². The fourth-order valence-corrected chi connectivity index (χ4v) is 10.0. The number of hydrogen-bond donors (Lipinski definition) is 0. The molecule has 0 saturated heterocycles. The molecule has 0 saturated carbocycles. The van der Waals surface area contributed by atoms with Gasteiger partial charge in [0.25, 0.3) is 0 Å². The molecule has 8 heteroatoms. The predicted molar refractivity (Wildman–Crippen MR) is 171 cm³/mol. The van der Waals surface area contributed by atoms with Crippen molar-refractivity contribution >= 4 is 97.6 Å². The Morgan fingerprint density at radius 3 is 1.44 bits per heavy atom. The van der Waals surface area contributed by atoms with E-state index >= 15 is 0 Å². The van der Waals surface area contributed by atoms with Gasteiger partial charge in [-0.1, -0.05) is 52.4 Å². The van der Waals surface area contributed by atoms with Crippen LogP contribution in [0.15, 0.2) is 31.8 Å². The highest BCUT2D eigenvalue weighted by Crippen LogP contribution is 2.43. The average Bonchev–Trinajstić information content (AvgIpc) is 3.63. The minimum Gasteiger partial charge on any atom is -0.235 e. The van der Waals surface area contributed by atoms with Gasteiger partial charge in [-0.25, -0.2) is 9.97 Å². The molecule has 5 aromatic rings. The summed E-state index contributed by atoms with van der Waals surface area (Å²) >= 11 is 14.8. The summed E-state index contributed by atoms with van der Waals surface area (Å²) in [6.45, 7) is 4.53. The second kappa shape index (κ2) is 12.5. The largest absolute Gasteiger partial charge is 0.235 e. The Morgan fingerprint density at radius 2 is 1.03 bits per heavy atom. The number of thiazole rings is 2. The van der Waals surface area contributed by atoms with Crippen molar-refractivity contribution in [2.75, 3.05) is 0 Å². The summed E-state index contributed by atoms with van der Waals surface area (Å²) < 4.78 is 4.94. The molecule has 0 radical (unpaired) electrons. The third-order valence-corrected chi connectivity index (χ3v) is 12.7. The van der Waals surface area contributed by atoms with Gasteiger partial charge in [-0.2, -0.15) is 0 Å². The SMILES string of the molecule is CCCCCCc1cc(-c2nc3cc4sc(-c5cc(CCCCCC)c(Br)s5)nc4cc3s2)sc1Br. The lowest BCUT2D eigenvalue weighted by molar-refractivity contribution is 0.667. The maximum atomic E-state index is 5.03. The number of thiophene rings is 2. The maximum absolute atomic E-state index is 5.03. The normalized spacial score (nSPS) is 11.9. The van der Waals surface area contributed by atoms with E-state index in [0.717, 1.165) is 33.9 Å². The number of nitrogens with zero attached hydrogens (tertiary/aromatic N) is 2. The molecule has 0 bridgehead atoms. The lowest BCUT2D eigenvalue weighted by atomic mass is 10.1. The number of aryl methyl sites for hydroxylation is 2. The van der Waals surface area contributed by atoms with Crippen LogP contribution in [-0.2, 0) is 12.8 Å². The van der Waals surface area contributed by atoms with E-state index in [1.165, 1.54) is 89.2 Å². The Labute approximate surface area is 246 Å². The molecule has 0 N–H and O–H groups in total. The fraction of sp³-hybridized carbons (Fsp3) is 0.429. The summed E-state index contributed by atoms with van der Waals surface area (Å²) in [5, 5.41) is 2.23. The van der Waals surface area contributed by atoms with Crippen LogP contribution < -0.4 is 0 Å². The van der Waals surface area contributed by atoms with E-state index in [0.29, 0.717) is 0 Å². The van der Waals surface area contributed by atoms with E-state index in [4.69, 9.17) is 9.97 Å². The van der Waals surface area contributed by atoms with Crippen LogP contribution in [0.3, 0.4) is 0 Å². The molecule has 0 atom stereocenters. The molecule has 2 nitrogen and oxygen atoms in total. The van der Waals surface area contributed by atoms with E-state index in [-0.39, 0.29) is 0 Å². The van der Waals surface area contributed by atoms with Crippen molar-refractivity contribution in [1.29, 1.82) is 0 Å². The zero-order valence-corrected chi connectivity index (χ0v) is 27.1. The number of halogens is 2. The molecule has 0 aliphatic carbocycles. The maximum Gasteiger partial charge on any atom is 0.134 e. The number of aromatic nitrogens is 2. The van der Waals surface area contributed by atoms with Crippen LogP contribution in [-0.4, -0.2) is 9.97 Å². The van der Waals surface area contributed by atoms with E-state index in [1.807, 2.05) is 22.7 Å². The molecule has 4 heterocycles. The average molecular weight is 683 g/mol. The van der Waals surface area contributed by atoms with E-state index in [9.17, 15) is 0 Å². The number of fused-ring (bicyclic) bond motifs is 2. The van der Waals surface area contributed by atoms with Crippen LogP contribution in [0.25, 0.3) is 40.2 Å². The quantitative estimate of drug-likeness (QED) is 0.122. The predicted octanol–water partition coefficient (Wildman–Crippen LogP) is 12.1. The summed E-state index contributed by atoms with van der Waals surface area (Å²) in [4.78, 5) is 12.6. The first kappa shape index (κ1) is 26.9. The van der Waals surface area contributed by atoms with Gasteiger partial charge in [-0.3, -0.25) is 0 Å². The smallest absolute Gasteiger partial charge is 0.134 e. The third kappa shape index (κ3) is 6.15. The molecule has 36 heavy (non-hydrogen) atoms. The number of unbranched alkanes of at least 4 members (excludes halogenated alkanes) is 6. The van der Waals surface area contributed by atoms with Crippen molar-refractivity contribution in [2.24, 2.45) is 0 Å². The minimum absolute atomic E-state index is 1.08. The first-order valence-corrected chi connectivity index (χ1v) is 17.7. The number of hydrogen-bond acceptors (Lipinski definition) is 6. The molecule has 0 amide bonds. The van der Waals surface area contributed by atoms with Gasteiger partial charge < -0.3 is 0 Å². The third-order valence-electron chi connectivity index (χ3n) is 6.43.